The molecule has 1 atom stereocenters. The molecule has 3 rings (SSSR count). The Morgan fingerprint density at radius 2 is 2.30 bits per heavy atom. The van der Waals surface area contributed by atoms with Gasteiger partial charge in [-0.25, -0.2) is 0 Å². The number of aromatic nitrogens is 2. The Bertz CT molecular complexity index is 440. The number of aryl methyl sites for hydroxylation is 1. The van der Waals surface area contributed by atoms with E-state index >= 15 is 0 Å². The van der Waals surface area contributed by atoms with E-state index in [2.05, 4.69) is 22.0 Å². The number of aromatic amines is 1. The van der Waals surface area contributed by atoms with Gasteiger partial charge >= 0.3 is 0 Å². The van der Waals surface area contributed by atoms with Crippen molar-refractivity contribution in [3.05, 3.63) is 17.5 Å². The summed E-state index contributed by atoms with van der Waals surface area (Å²) in [5, 5.41) is 17.9. The van der Waals surface area contributed by atoms with Crippen LogP contribution in [0.15, 0.2) is 6.20 Å². The van der Waals surface area contributed by atoms with Gasteiger partial charge in [-0.05, 0) is 31.9 Å². The number of piperidine rings is 1. The molecule has 0 spiro atoms. The van der Waals surface area contributed by atoms with Crippen molar-refractivity contribution in [1.29, 1.82) is 0 Å². The molecule has 5 heteroatoms. The molecule has 2 aliphatic heterocycles. The van der Waals surface area contributed by atoms with Gasteiger partial charge in [0.05, 0.1) is 11.8 Å². The fourth-order valence-corrected chi connectivity index (χ4v) is 3.53. The first kappa shape index (κ1) is 14.0. The van der Waals surface area contributed by atoms with E-state index in [-0.39, 0.29) is 0 Å². The number of β-amino-alcohol motifs (C(OH)–C–C–N with tert-alkyl or cyclic N) is 1. The van der Waals surface area contributed by atoms with Crippen LogP contribution in [0.25, 0.3) is 0 Å². The van der Waals surface area contributed by atoms with Crippen LogP contribution in [0, 0.1) is 6.92 Å². The number of hydrogen-bond donors (Lipinski definition) is 2. The number of hydrogen-bond acceptors (Lipinski definition) is 4. The Morgan fingerprint density at radius 3 is 3.00 bits per heavy atom. The lowest BCUT2D eigenvalue weighted by atomic mass is 9.89. The molecular weight excluding hydrogens is 254 g/mol. The molecule has 0 unspecified atom stereocenters. The topological polar surface area (TPSA) is 61.4 Å². The van der Waals surface area contributed by atoms with Crippen LogP contribution in [0.3, 0.4) is 0 Å². The molecule has 1 aromatic rings. The maximum Gasteiger partial charge on any atom is 0.0817 e. The van der Waals surface area contributed by atoms with Crippen LogP contribution in [-0.2, 0) is 4.74 Å². The Hall–Kier alpha value is -0.910. The number of nitrogens with zero attached hydrogens (tertiary/aromatic N) is 2. The van der Waals surface area contributed by atoms with Crippen molar-refractivity contribution in [2.75, 3.05) is 32.8 Å². The van der Waals surface area contributed by atoms with Crippen molar-refractivity contribution >= 4 is 0 Å². The maximum atomic E-state index is 10.7. The minimum absolute atomic E-state index is 0.523. The zero-order valence-electron chi connectivity index (χ0n) is 12.3. The Kier molecular flexibility index (Phi) is 4.10. The minimum atomic E-state index is -0.552. The summed E-state index contributed by atoms with van der Waals surface area (Å²) in [6, 6.07) is 0. The standard InChI is InChI=1S/C15H25N3O2/c1-12-9-16-17-14(12)13-3-2-6-18(10-13)11-15(19)4-7-20-8-5-15/h9,13,19H,2-8,10-11H2,1H3,(H,16,17)/t13-/m0/s1. The molecule has 0 bridgehead atoms. The van der Waals surface area contributed by atoms with E-state index in [0.29, 0.717) is 19.1 Å². The van der Waals surface area contributed by atoms with E-state index in [1.165, 1.54) is 24.1 Å². The zero-order valence-corrected chi connectivity index (χ0v) is 12.3. The summed E-state index contributed by atoms with van der Waals surface area (Å²) in [7, 11) is 0. The second-order valence-corrected chi connectivity index (χ2v) is 6.38. The second-order valence-electron chi connectivity index (χ2n) is 6.38. The molecule has 2 fully saturated rings. The van der Waals surface area contributed by atoms with Gasteiger partial charge in [0.2, 0.25) is 0 Å². The Morgan fingerprint density at radius 1 is 1.50 bits per heavy atom. The molecule has 1 aromatic heterocycles. The molecule has 0 aliphatic carbocycles. The first-order valence-electron chi connectivity index (χ1n) is 7.69. The van der Waals surface area contributed by atoms with Crippen LogP contribution in [0.5, 0.6) is 0 Å². The maximum absolute atomic E-state index is 10.7. The van der Waals surface area contributed by atoms with Crippen molar-refractivity contribution in [2.24, 2.45) is 0 Å². The number of rotatable bonds is 3. The third-order valence-corrected chi connectivity index (χ3v) is 4.72. The highest BCUT2D eigenvalue weighted by Crippen LogP contribution is 2.30. The predicted molar refractivity (Wildman–Crippen MR) is 76.7 cm³/mol. The van der Waals surface area contributed by atoms with Crippen LogP contribution >= 0.6 is 0 Å². The van der Waals surface area contributed by atoms with Crippen LogP contribution < -0.4 is 0 Å². The molecule has 20 heavy (non-hydrogen) atoms. The third-order valence-electron chi connectivity index (χ3n) is 4.72. The second kappa shape index (κ2) is 5.84. The molecule has 0 saturated carbocycles. The van der Waals surface area contributed by atoms with Crippen molar-refractivity contribution in [2.45, 2.75) is 44.1 Å². The van der Waals surface area contributed by atoms with E-state index in [9.17, 15) is 5.11 Å². The molecular formula is C15H25N3O2. The van der Waals surface area contributed by atoms with Gasteiger partial charge in [0, 0.05) is 50.8 Å². The van der Waals surface area contributed by atoms with Crippen LogP contribution in [0.4, 0.5) is 0 Å². The van der Waals surface area contributed by atoms with Gasteiger partial charge in [-0.15, -0.1) is 0 Å². The monoisotopic (exact) mass is 279 g/mol. The molecule has 2 aliphatic rings. The first-order chi connectivity index (χ1) is 9.66. The zero-order chi connectivity index (χ0) is 14.0. The Labute approximate surface area is 120 Å². The van der Waals surface area contributed by atoms with Crippen molar-refractivity contribution in [3.63, 3.8) is 0 Å². The largest absolute Gasteiger partial charge is 0.388 e. The highest BCUT2D eigenvalue weighted by atomic mass is 16.5. The van der Waals surface area contributed by atoms with Gasteiger partial charge in [0.25, 0.3) is 0 Å². The summed E-state index contributed by atoms with van der Waals surface area (Å²) in [5.74, 6) is 0.523. The summed E-state index contributed by atoms with van der Waals surface area (Å²) in [6.07, 6.45) is 5.82. The number of nitrogens with one attached hydrogen (secondary N) is 1. The molecule has 5 nitrogen and oxygen atoms in total. The lowest BCUT2D eigenvalue weighted by Gasteiger charge is -2.40. The molecule has 112 valence electrons. The van der Waals surface area contributed by atoms with Crippen LogP contribution in [0.1, 0.15) is 42.9 Å². The summed E-state index contributed by atoms with van der Waals surface area (Å²) >= 11 is 0. The van der Waals surface area contributed by atoms with Gasteiger partial charge in [0.15, 0.2) is 0 Å². The van der Waals surface area contributed by atoms with Gasteiger partial charge in [-0.3, -0.25) is 10.00 Å². The molecule has 0 amide bonds. The minimum Gasteiger partial charge on any atom is -0.388 e. The SMILES string of the molecule is Cc1cn[nH]c1[C@H]1CCCN(CC2(O)CCOCC2)C1. The normalized spacial score (nSPS) is 27.6. The van der Waals surface area contributed by atoms with Crippen LogP contribution in [0.2, 0.25) is 0 Å². The van der Waals surface area contributed by atoms with Gasteiger partial charge in [-0.2, -0.15) is 5.10 Å². The number of H-pyrrole nitrogens is 1. The van der Waals surface area contributed by atoms with E-state index in [0.717, 1.165) is 32.5 Å². The predicted octanol–water partition coefficient (Wildman–Crippen LogP) is 1.44. The highest BCUT2D eigenvalue weighted by Gasteiger charge is 2.34. The number of likely N-dealkylation sites (tertiary alicyclic amines) is 1. The average molecular weight is 279 g/mol. The Balaban J connectivity index is 1.62. The lowest BCUT2D eigenvalue weighted by Crippen LogP contribution is -2.49. The lowest BCUT2D eigenvalue weighted by molar-refractivity contribution is -0.0824. The van der Waals surface area contributed by atoms with E-state index < -0.39 is 5.60 Å². The van der Waals surface area contributed by atoms with Crippen LogP contribution in [-0.4, -0.2) is 58.7 Å². The number of ether oxygens (including phenoxy) is 1. The fraction of sp³-hybridized carbons (Fsp3) is 0.800. The average Bonchev–Trinajstić information content (AvgIpc) is 2.85. The molecule has 2 saturated heterocycles. The highest BCUT2D eigenvalue weighted by molar-refractivity contribution is 5.19. The fourth-order valence-electron chi connectivity index (χ4n) is 3.53. The van der Waals surface area contributed by atoms with E-state index in [1.807, 2.05) is 6.20 Å². The molecule has 0 radical (unpaired) electrons. The van der Waals surface area contributed by atoms with Gasteiger partial charge < -0.3 is 9.84 Å². The first-order valence-corrected chi connectivity index (χ1v) is 7.69. The van der Waals surface area contributed by atoms with Crippen molar-refractivity contribution in [3.8, 4) is 0 Å². The quantitative estimate of drug-likeness (QED) is 0.879. The van der Waals surface area contributed by atoms with E-state index in [1.54, 1.807) is 0 Å². The third kappa shape index (κ3) is 3.05. The van der Waals surface area contributed by atoms with Gasteiger partial charge in [-0.1, -0.05) is 0 Å². The number of aliphatic hydroxyl groups is 1. The summed E-state index contributed by atoms with van der Waals surface area (Å²) in [4.78, 5) is 2.42. The smallest absolute Gasteiger partial charge is 0.0817 e. The van der Waals surface area contributed by atoms with Crippen molar-refractivity contribution in [1.82, 2.24) is 15.1 Å². The van der Waals surface area contributed by atoms with E-state index in [4.69, 9.17) is 4.74 Å². The molecule has 0 aromatic carbocycles. The summed E-state index contributed by atoms with van der Waals surface area (Å²) in [6.45, 7) is 6.38. The molecule has 3 heterocycles. The summed E-state index contributed by atoms with van der Waals surface area (Å²) in [5.41, 5.74) is 1.97. The summed E-state index contributed by atoms with van der Waals surface area (Å²) < 4.78 is 5.36. The molecule has 2 N–H and O–H groups in total. The van der Waals surface area contributed by atoms with Crippen molar-refractivity contribution < 1.29 is 9.84 Å². The van der Waals surface area contributed by atoms with Gasteiger partial charge in [0.1, 0.15) is 0 Å².